The average molecular weight is 205 g/mol. The van der Waals surface area contributed by atoms with E-state index in [1.165, 1.54) is 12.2 Å². The third kappa shape index (κ3) is 10.2. The van der Waals surface area contributed by atoms with Gasteiger partial charge in [-0.25, -0.2) is 0 Å². The van der Waals surface area contributed by atoms with Gasteiger partial charge in [-0.15, -0.1) is 0 Å². The van der Waals surface area contributed by atoms with Gasteiger partial charge in [-0.05, 0) is 45.2 Å². The van der Waals surface area contributed by atoms with E-state index in [1.807, 2.05) is 18.7 Å². The van der Waals surface area contributed by atoms with Gasteiger partial charge in [0.1, 0.15) is 0 Å². The van der Waals surface area contributed by atoms with Gasteiger partial charge in [0.2, 0.25) is 0 Å². The van der Waals surface area contributed by atoms with Gasteiger partial charge >= 0.3 is 0 Å². The Hall–Kier alpha value is 0.270. The van der Waals surface area contributed by atoms with E-state index in [1.54, 1.807) is 0 Å². The van der Waals surface area contributed by atoms with Gasteiger partial charge in [-0.3, -0.25) is 0 Å². The highest BCUT2D eigenvalue weighted by atomic mass is 32.2. The molecule has 0 aromatic rings. The standard InChI is InChI=1S/C10H23NOS/c1-4-12-8-5-7-11-10(2)6-9-13-3/h10-11H,4-9H2,1-3H3. The minimum atomic E-state index is 0.647. The summed E-state index contributed by atoms with van der Waals surface area (Å²) in [4.78, 5) is 0. The van der Waals surface area contributed by atoms with E-state index < -0.39 is 0 Å². The minimum absolute atomic E-state index is 0.647. The Bertz CT molecular complexity index is 101. The molecule has 0 rings (SSSR count). The van der Waals surface area contributed by atoms with Gasteiger partial charge in [0.25, 0.3) is 0 Å². The van der Waals surface area contributed by atoms with Crippen molar-refractivity contribution in [1.29, 1.82) is 0 Å². The molecule has 0 saturated carbocycles. The Morgan fingerprint density at radius 1 is 1.46 bits per heavy atom. The Kier molecular flexibility index (Phi) is 10.6. The molecular weight excluding hydrogens is 182 g/mol. The quantitative estimate of drug-likeness (QED) is 0.583. The highest BCUT2D eigenvalue weighted by molar-refractivity contribution is 7.98. The van der Waals surface area contributed by atoms with E-state index in [0.29, 0.717) is 6.04 Å². The first-order valence-electron chi connectivity index (χ1n) is 5.11. The smallest absolute Gasteiger partial charge is 0.0477 e. The highest BCUT2D eigenvalue weighted by Crippen LogP contribution is 1.99. The van der Waals surface area contributed by atoms with Crippen LogP contribution in [0.3, 0.4) is 0 Å². The van der Waals surface area contributed by atoms with E-state index in [0.717, 1.165) is 26.2 Å². The number of rotatable bonds is 9. The van der Waals surface area contributed by atoms with Crippen LogP contribution in [0.15, 0.2) is 0 Å². The van der Waals surface area contributed by atoms with Crippen molar-refractivity contribution in [2.24, 2.45) is 0 Å². The van der Waals surface area contributed by atoms with Crippen LogP contribution in [0.4, 0.5) is 0 Å². The van der Waals surface area contributed by atoms with E-state index >= 15 is 0 Å². The maximum Gasteiger partial charge on any atom is 0.0477 e. The van der Waals surface area contributed by atoms with Crippen LogP contribution in [0.2, 0.25) is 0 Å². The molecule has 0 radical (unpaired) electrons. The molecule has 0 spiro atoms. The zero-order valence-electron chi connectivity index (χ0n) is 9.14. The van der Waals surface area contributed by atoms with Crippen molar-refractivity contribution in [3.63, 3.8) is 0 Å². The zero-order valence-corrected chi connectivity index (χ0v) is 9.95. The highest BCUT2D eigenvalue weighted by Gasteiger charge is 1.98. The van der Waals surface area contributed by atoms with Crippen molar-refractivity contribution in [1.82, 2.24) is 5.32 Å². The van der Waals surface area contributed by atoms with Crippen molar-refractivity contribution in [2.75, 3.05) is 31.8 Å². The maximum absolute atomic E-state index is 5.25. The lowest BCUT2D eigenvalue weighted by Gasteiger charge is -2.12. The summed E-state index contributed by atoms with van der Waals surface area (Å²) in [6.45, 7) is 7.09. The SMILES string of the molecule is CCOCCCNC(C)CCSC. The monoisotopic (exact) mass is 205 g/mol. The lowest BCUT2D eigenvalue weighted by atomic mass is 10.2. The van der Waals surface area contributed by atoms with Crippen LogP contribution in [0.5, 0.6) is 0 Å². The summed E-state index contributed by atoms with van der Waals surface area (Å²) >= 11 is 1.91. The van der Waals surface area contributed by atoms with E-state index in [2.05, 4.69) is 18.5 Å². The zero-order chi connectivity index (χ0) is 9.94. The Morgan fingerprint density at radius 3 is 2.85 bits per heavy atom. The summed E-state index contributed by atoms with van der Waals surface area (Å²) in [7, 11) is 0. The van der Waals surface area contributed by atoms with E-state index in [-0.39, 0.29) is 0 Å². The Labute approximate surface area is 86.8 Å². The topological polar surface area (TPSA) is 21.3 Å². The number of hydrogen-bond donors (Lipinski definition) is 1. The molecule has 1 N–H and O–H groups in total. The van der Waals surface area contributed by atoms with Gasteiger partial charge in [-0.2, -0.15) is 11.8 Å². The maximum atomic E-state index is 5.25. The second-order valence-electron chi connectivity index (χ2n) is 3.19. The van der Waals surface area contributed by atoms with Crippen molar-refractivity contribution in [2.45, 2.75) is 32.7 Å². The summed E-state index contributed by atoms with van der Waals surface area (Å²) in [6.07, 6.45) is 4.54. The van der Waals surface area contributed by atoms with Gasteiger partial charge in [0, 0.05) is 19.3 Å². The first-order chi connectivity index (χ1) is 6.31. The molecule has 0 aliphatic heterocycles. The fourth-order valence-electron chi connectivity index (χ4n) is 1.06. The molecule has 1 unspecified atom stereocenters. The fraction of sp³-hybridized carbons (Fsp3) is 1.00. The van der Waals surface area contributed by atoms with Gasteiger partial charge in [0.05, 0.1) is 0 Å². The first-order valence-corrected chi connectivity index (χ1v) is 6.50. The largest absolute Gasteiger partial charge is 0.382 e. The second kappa shape index (κ2) is 10.4. The van der Waals surface area contributed by atoms with Crippen LogP contribution in [0.1, 0.15) is 26.7 Å². The molecule has 0 aliphatic rings. The summed E-state index contributed by atoms with van der Waals surface area (Å²) in [5.41, 5.74) is 0. The summed E-state index contributed by atoms with van der Waals surface area (Å²) in [6, 6.07) is 0.647. The number of hydrogen-bond acceptors (Lipinski definition) is 3. The normalized spacial score (nSPS) is 13.2. The Morgan fingerprint density at radius 2 is 2.23 bits per heavy atom. The Balaban J connectivity index is 3.03. The number of thioether (sulfide) groups is 1. The van der Waals surface area contributed by atoms with Crippen molar-refractivity contribution in [3.8, 4) is 0 Å². The molecular formula is C10H23NOS. The third-order valence-electron chi connectivity index (χ3n) is 1.92. The fourth-order valence-corrected chi connectivity index (χ4v) is 1.65. The van der Waals surface area contributed by atoms with Crippen molar-refractivity contribution in [3.05, 3.63) is 0 Å². The lowest BCUT2D eigenvalue weighted by molar-refractivity contribution is 0.144. The van der Waals surface area contributed by atoms with Crippen LogP contribution in [-0.4, -0.2) is 37.8 Å². The molecule has 3 heteroatoms. The predicted octanol–water partition coefficient (Wildman–Crippen LogP) is 2.14. The van der Waals surface area contributed by atoms with Gasteiger partial charge in [0.15, 0.2) is 0 Å². The molecule has 2 nitrogen and oxygen atoms in total. The van der Waals surface area contributed by atoms with Gasteiger partial charge < -0.3 is 10.1 Å². The van der Waals surface area contributed by atoms with E-state index in [9.17, 15) is 0 Å². The molecule has 0 aromatic heterocycles. The molecule has 0 aliphatic carbocycles. The van der Waals surface area contributed by atoms with Crippen molar-refractivity contribution >= 4 is 11.8 Å². The molecule has 0 heterocycles. The van der Waals surface area contributed by atoms with Crippen LogP contribution in [0.25, 0.3) is 0 Å². The molecule has 0 saturated heterocycles. The summed E-state index contributed by atoms with van der Waals surface area (Å²) in [5, 5.41) is 3.48. The molecule has 13 heavy (non-hydrogen) atoms. The lowest BCUT2D eigenvalue weighted by Crippen LogP contribution is -2.28. The molecule has 0 amide bonds. The van der Waals surface area contributed by atoms with Crippen LogP contribution >= 0.6 is 11.8 Å². The minimum Gasteiger partial charge on any atom is -0.382 e. The molecule has 0 fully saturated rings. The van der Waals surface area contributed by atoms with E-state index in [4.69, 9.17) is 4.74 Å². The predicted molar refractivity (Wildman–Crippen MR) is 61.6 cm³/mol. The third-order valence-corrected chi connectivity index (χ3v) is 2.56. The molecule has 80 valence electrons. The summed E-state index contributed by atoms with van der Waals surface area (Å²) < 4.78 is 5.25. The van der Waals surface area contributed by atoms with Crippen LogP contribution in [0, 0.1) is 0 Å². The molecule has 0 bridgehead atoms. The second-order valence-corrected chi connectivity index (χ2v) is 4.17. The van der Waals surface area contributed by atoms with Crippen LogP contribution in [-0.2, 0) is 4.74 Å². The van der Waals surface area contributed by atoms with Crippen molar-refractivity contribution < 1.29 is 4.74 Å². The van der Waals surface area contributed by atoms with Gasteiger partial charge in [-0.1, -0.05) is 0 Å². The van der Waals surface area contributed by atoms with Crippen LogP contribution < -0.4 is 5.32 Å². The first kappa shape index (κ1) is 13.3. The number of nitrogens with one attached hydrogen (secondary N) is 1. The molecule has 0 aromatic carbocycles. The summed E-state index contributed by atoms with van der Waals surface area (Å²) in [5.74, 6) is 1.25. The number of ether oxygens (including phenoxy) is 1. The molecule has 1 atom stereocenters. The average Bonchev–Trinajstić information content (AvgIpc) is 2.14.